The summed E-state index contributed by atoms with van der Waals surface area (Å²) >= 11 is 0. The minimum Gasteiger partial charge on any atom is -0.476 e. The van der Waals surface area contributed by atoms with Crippen LogP contribution in [0.1, 0.15) is 0 Å². The van der Waals surface area contributed by atoms with Gasteiger partial charge in [0.1, 0.15) is 0 Å². The number of ether oxygens (including phenoxy) is 2. The van der Waals surface area contributed by atoms with E-state index in [1.807, 2.05) is 0 Å². The zero-order chi connectivity index (χ0) is 8.55. The van der Waals surface area contributed by atoms with E-state index < -0.39 is 5.97 Å². The van der Waals surface area contributed by atoms with E-state index in [0.717, 1.165) is 0 Å². The first-order chi connectivity index (χ1) is 5.77. The second-order valence-corrected chi connectivity index (χ2v) is 2.44. The van der Waals surface area contributed by atoms with Crippen LogP contribution in [0, 0.1) is 0 Å². The van der Waals surface area contributed by atoms with Gasteiger partial charge in [0, 0.05) is 0 Å². The fourth-order valence-electron chi connectivity index (χ4n) is 1.05. The molecular formula is C8H7NO3. The summed E-state index contributed by atoms with van der Waals surface area (Å²) in [5.41, 5.74) is 6.06. The Hall–Kier alpha value is -1.71. The van der Waals surface area contributed by atoms with Gasteiger partial charge in [0.05, 0.1) is 5.69 Å². The van der Waals surface area contributed by atoms with E-state index >= 15 is 0 Å². The van der Waals surface area contributed by atoms with Crippen LogP contribution in [0.5, 0.6) is 11.5 Å². The Bertz CT molecular complexity index is 335. The summed E-state index contributed by atoms with van der Waals surface area (Å²) in [5, 5.41) is 0. The zero-order valence-electron chi connectivity index (χ0n) is 6.24. The van der Waals surface area contributed by atoms with Gasteiger partial charge in [0.25, 0.3) is 0 Å². The normalized spacial score (nSPS) is 14.5. The van der Waals surface area contributed by atoms with Crippen LogP contribution in [-0.4, -0.2) is 12.6 Å². The molecule has 0 saturated carbocycles. The van der Waals surface area contributed by atoms with Crippen molar-refractivity contribution in [2.45, 2.75) is 0 Å². The van der Waals surface area contributed by atoms with Crippen molar-refractivity contribution in [1.82, 2.24) is 0 Å². The number of hydrogen-bond acceptors (Lipinski definition) is 4. The zero-order valence-corrected chi connectivity index (χ0v) is 6.24. The number of carbonyl (C=O) groups excluding carboxylic acids is 1. The average molecular weight is 165 g/mol. The molecule has 1 aliphatic heterocycles. The largest absolute Gasteiger partial charge is 0.476 e. The molecule has 1 aromatic carbocycles. The Balaban J connectivity index is 2.48. The second kappa shape index (κ2) is 2.41. The van der Waals surface area contributed by atoms with Gasteiger partial charge >= 0.3 is 5.97 Å². The number of carbonyl (C=O) groups is 1. The number of benzene rings is 1. The number of anilines is 1. The van der Waals surface area contributed by atoms with Crippen molar-refractivity contribution < 1.29 is 14.3 Å². The third-order valence-corrected chi connectivity index (χ3v) is 1.57. The number of rotatable bonds is 0. The van der Waals surface area contributed by atoms with Crippen LogP contribution in [0.25, 0.3) is 0 Å². The Morgan fingerprint density at radius 3 is 3.08 bits per heavy atom. The molecule has 0 bridgehead atoms. The molecule has 1 heterocycles. The van der Waals surface area contributed by atoms with Crippen LogP contribution in [0.3, 0.4) is 0 Å². The minimum absolute atomic E-state index is 0.0682. The third kappa shape index (κ3) is 0.972. The maximum atomic E-state index is 10.7. The Morgan fingerprint density at radius 1 is 1.42 bits per heavy atom. The van der Waals surface area contributed by atoms with Gasteiger partial charge in [-0.25, -0.2) is 4.79 Å². The van der Waals surface area contributed by atoms with Gasteiger partial charge in [-0.15, -0.1) is 0 Å². The molecule has 2 rings (SSSR count). The molecule has 0 saturated heterocycles. The Morgan fingerprint density at radius 2 is 2.25 bits per heavy atom. The first kappa shape index (κ1) is 6.97. The first-order valence-corrected chi connectivity index (χ1v) is 3.49. The van der Waals surface area contributed by atoms with E-state index in [1.54, 1.807) is 18.2 Å². The second-order valence-electron chi connectivity index (χ2n) is 2.44. The van der Waals surface area contributed by atoms with E-state index in [0.29, 0.717) is 17.2 Å². The highest BCUT2D eigenvalue weighted by Crippen LogP contribution is 2.35. The summed E-state index contributed by atoms with van der Waals surface area (Å²) in [4.78, 5) is 10.7. The lowest BCUT2D eigenvalue weighted by molar-refractivity contribution is -0.138. The lowest BCUT2D eigenvalue weighted by Gasteiger charge is -2.17. The molecule has 0 aliphatic carbocycles. The quantitative estimate of drug-likeness (QED) is 0.347. The Kier molecular flexibility index (Phi) is 1.40. The fraction of sp³-hybridized carbons (Fsp3) is 0.125. The number of nitrogens with two attached hydrogens (primary N) is 1. The maximum Gasteiger partial charge on any atom is 0.349 e. The van der Waals surface area contributed by atoms with Gasteiger partial charge in [-0.2, -0.15) is 0 Å². The molecule has 0 unspecified atom stereocenters. The third-order valence-electron chi connectivity index (χ3n) is 1.57. The molecule has 1 aromatic rings. The van der Waals surface area contributed by atoms with E-state index in [-0.39, 0.29) is 6.61 Å². The van der Waals surface area contributed by atoms with Crippen LogP contribution in [0.2, 0.25) is 0 Å². The van der Waals surface area contributed by atoms with Crippen LogP contribution in [0.15, 0.2) is 18.2 Å². The first-order valence-electron chi connectivity index (χ1n) is 3.49. The van der Waals surface area contributed by atoms with Crippen molar-refractivity contribution in [3.63, 3.8) is 0 Å². The van der Waals surface area contributed by atoms with Crippen LogP contribution >= 0.6 is 0 Å². The number of hydrogen-bond donors (Lipinski definition) is 1. The standard InChI is InChI=1S/C8H7NO3/c9-5-2-1-3-6-8(5)11-4-7(10)12-6/h1-3H,4,9H2. The number of esters is 1. The predicted molar refractivity (Wildman–Crippen MR) is 42.0 cm³/mol. The molecule has 0 radical (unpaired) electrons. The molecule has 0 amide bonds. The smallest absolute Gasteiger partial charge is 0.349 e. The number of fused-ring (bicyclic) bond motifs is 1. The van der Waals surface area contributed by atoms with Crippen molar-refractivity contribution in [3.8, 4) is 11.5 Å². The monoisotopic (exact) mass is 165 g/mol. The SMILES string of the molecule is Nc1cccc2c1OCC(=O)O2. The van der Waals surface area contributed by atoms with E-state index in [4.69, 9.17) is 15.2 Å². The summed E-state index contributed by atoms with van der Waals surface area (Å²) in [6.07, 6.45) is 0. The summed E-state index contributed by atoms with van der Waals surface area (Å²) in [6.45, 7) is -0.0682. The van der Waals surface area contributed by atoms with Gasteiger partial charge in [0.15, 0.2) is 18.1 Å². The Labute approximate surface area is 68.9 Å². The van der Waals surface area contributed by atoms with E-state index in [9.17, 15) is 4.79 Å². The summed E-state index contributed by atoms with van der Waals surface area (Å²) < 4.78 is 9.94. The highest BCUT2D eigenvalue weighted by molar-refractivity contribution is 5.79. The van der Waals surface area contributed by atoms with Crippen LogP contribution in [-0.2, 0) is 4.79 Å². The minimum atomic E-state index is -0.395. The molecule has 0 fully saturated rings. The lowest BCUT2D eigenvalue weighted by Crippen LogP contribution is -2.23. The number of para-hydroxylation sites is 1. The summed E-state index contributed by atoms with van der Waals surface area (Å²) in [7, 11) is 0. The molecule has 62 valence electrons. The highest BCUT2D eigenvalue weighted by atomic mass is 16.6. The molecule has 0 spiro atoms. The van der Waals surface area contributed by atoms with Gasteiger partial charge in [-0.3, -0.25) is 0 Å². The average Bonchev–Trinajstić information content (AvgIpc) is 2.04. The molecule has 12 heavy (non-hydrogen) atoms. The van der Waals surface area contributed by atoms with Crippen molar-refractivity contribution >= 4 is 11.7 Å². The molecule has 0 atom stereocenters. The topological polar surface area (TPSA) is 61.5 Å². The highest BCUT2D eigenvalue weighted by Gasteiger charge is 2.19. The van der Waals surface area contributed by atoms with Crippen molar-refractivity contribution in [2.24, 2.45) is 0 Å². The van der Waals surface area contributed by atoms with Crippen molar-refractivity contribution in [3.05, 3.63) is 18.2 Å². The summed E-state index contributed by atoms with van der Waals surface area (Å²) in [5.74, 6) is 0.455. The molecule has 1 aliphatic rings. The molecule has 4 heteroatoms. The number of nitrogen functional groups attached to an aromatic ring is 1. The predicted octanol–water partition coefficient (Wildman–Crippen LogP) is 0.567. The van der Waals surface area contributed by atoms with Gasteiger partial charge < -0.3 is 15.2 Å². The van der Waals surface area contributed by atoms with Gasteiger partial charge in [-0.05, 0) is 12.1 Å². The van der Waals surface area contributed by atoms with Crippen molar-refractivity contribution in [1.29, 1.82) is 0 Å². The molecule has 4 nitrogen and oxygen atoms in total. The van der Waals surface area contributed by atoms with Gasteiger partial charge in [0.2, 0.25) is 0 Å². The van der Waals surface area contributed by atoms with Crippen molar-refractivity contribution in [2.75, 3.05) is 12.3 Å². The van der Waals surface area contributed by atoms with Crippen LogP contribution in [0.4, 0.5) is 5.69 Å². The fourth-order valence-corrected chi connectivity index (χ4v) is 1.05. The summed E-state index contributed by atoms with van der Waals surface area (Å²) in [6, 6.07) is 5.04. The molecule has 2 N–H and O–H groups in total. The van der Waals surface area contributed by atoms with E-state index in [1.165, 1.54) is 0 Å². The van der Waals surface area contributed by atoms with Crippen LogP contribution < -0.4 is 15.2 Å². The van der Waals surface area contributed by atoms with E-state index in [2.05, 4.69) is 0 Å². The van der Waals surface area contributed by atoms with Gasteiger partial charge in [-0.1, -0.05) is 6.07 Å². The lowest BCUT2D eigenvalue weighted by atomic mass is 10.2. The maximum absolute atomic E-state index is 10.7. The molecular weight excluding hydrogens is 158 g/mol. The molecule has 0 aromatic heterocycles.